The Bertz CT molecular complexity index is 571. The number of nitrogens with one attached hydrogen (secondary N) is 1. The number of nitrogens with zero attached hydrogens (tertiary/aromatic N) is 2. The molecule has 0 amide bonds. The summed E-state index contributed by atoms with van der Waals surface area (Å²) in [5.74, 6) is 0.224. The summed E-state index contributed by atoms with van der Waals surface area (Å²) >= 11 is 0. The summed E-state index contributed by atoms with van der Waals surface area (Å²) in [4.78, 5) is 0. The molecular formula is C15H18FN3. The van der Waals surface area contributed by atoms with Crippen LogP contribution in [0.15, 0.2) is 30.5 Å². The van der Waals surface area contributed by atoms with Gasteiger partial charge in [-0.1, -0.05) is 12.1 Å². The summed E-state index contributed by atoms with van der Waals surface area (Å²) in [6.07, 6.45) is 4.30. The molecule has 0 aliphatic carbocycles. The highest BCUT2D eigenvalue weighted by atomic mass is 19.1. The van der Waals surface area contributed by atoms with Crippen LogP contribution in [0.2, 0.25) is 0 Å². The van der Waals surface area contributed by atoms with Crippen molar-refractivity contribution in [3.05, 3.63) is 42.0 Å². The summed E-state index contributed by atoms with van der Waals surface area (Å²) in [5, 5.41) is 8.00. The van der Waals surface area contributed by atoms with Crippen LogP contribution in [-0.2, 0) is 7.05 Å². The second-order valence-electron chi connectivity index (χ2n) is 5.16. The van der Waals surface area contributed by atoms with Crippen molar-refractivity contribution in [2.75, 3.05) is 13.1 Å². The first-order valence-corrected chi connectivity index (χ1v) is 6.74. The van der Waals surface area contributed by atoms with Gasteiger partial charge < -0.3 is 5.32 Å². The maximum atomic E-state index is 13.4. The van der Waals surface area contributed by atoms with Crippen LogP contribution in [0.4, 0.5) is 4.39 Å². The predicted molar refractivity (Wildman–Crippen MR) is 73.4 cm³/mol. The molecule has 2 aromatic rings. The number of hydrogen-bond donors (Lipinski definition) is 1. The lowest BCUT2D eigenvalue weighted by molar-refractivity contribution is 0.452. The Kier molecular flexibility index (Phi) is 3.34. The summed E-state index contributed by atoms with van der Waals surface area (Å²) in [7, 11) is 1.92. The Hall–Kier alpha value is -1.68. The fraction of sp³-hybridized carbons (Fsp3) is 0.400. The third-order valence-corrected chi connectivity index (χ3v) is 3.68. The topological polar surface area (TPSA) is 29.9 Å². The zero-order chi connectivity index (χ0) is 13.2. The molecule has 1 aromatic heterocycles. The van der Waals surface area contributed by atoms with Crippen LogP contribution in [0, 0.1) is 5.82 Å². The Morgan fingerprint density at radius 2 is 2.32 bits per heavy atom. The van der Waals surface area contributed by atoms with E-state index in [-0.39, 0.29) is 5.82 Å². The molecule has 3 rings (SSSR count). The maximum absolute atomic E-state index is 13.4. The molecule has 1 aliphatic heterocycles. The molecule has 1 N–H and O–H groups in total. The van der Waals surface area contributed by atoms with Gasteiger partial charge >= 0.3 is 0 Å². The minimum Gasteiger partial charge on any atom is -0.316 e. The lowest BCUT2D eigenvalue weighted by Crippen LogP contribution is -2.28. The van der Waals surface area contributed by atoms with E-state index in [9.17, 15) is 4.39 Å². The van der Waals surface area contributed by atoms with Gasteiger partial charge in [-0.2, -0.15) is 5.10 Å². The molecule has 4 heteroatoms. The molecule has 0 radical (unpaired) electrons. The molecule has 3 nitrogen and oxygen atoms in total. The first-order valence-electron chi connectivity index (χ1n) is 6.74. The number of hydrogen-bond acceptors (Lipinski definition) is 2. The van der Waals surface area contributed by atoms with Crippen molar-refractivity contribution >= 4 is 0 Å². The second-order valence-corrected chi connectivity index (χ2v) is 5.16. The third kappa shape index (κ3) is 2.54. The van der Waals surface area contributed by atoms with Crippen LogP contribution in [0.1, 0.15) is 24.5 Å². The van der Waals surface area contributed by atoms with Gasteiger partial charge in [0.25, 0.3) is 0 Å². The predicted octanol–water partition coefficient (Wildman–Crippen LogP) is 2.69. The molecule has 1 atom stereocenters. The van der Waals surface area contributed by atoms with Gasteiger partial charge in [0.15, 0.2) is 0 Å². The first kappa shape index (κ1) is 12.4. The molecule has 0 spiro atoms. The molecule has 0 bridgehead atoms. The summed E-state index contributed by atoms with van der Waals surface area (Å²) < 4.78 is 15.2. The van der Waals surface area contributed by atoms with E-state index in [1.54, 1.807) is 12.1 Å². The van der Waals surface area contributed by atoms with Crippen LogP contribution < -0.4 is 5.32 Å². The molecule has 1 unspecified atom stereocenters. The fourth-order valence-electron chi connectivity index (χ4n) is 2.77. The van der Waals surface area contributed by atoms with Crippen LogP contribution in [0.25, 0.3) is 11.1 Å². The fourth-order valence-corrected chi connectivity index (χ4v) is 2.77. The Labute approximate surface area is 112 Å². The normalized spacial score (nSPS) is 19.6. The molecule has 19 heavy (non-hydrogen) atoms. The van der Waals surface area contributed by atoms with E-state index in [1.807, 2.05) is 24.0 Å². The zero-order valence-corrected chi connectivity index (χ0v) is 11.1. The van der Waals surface area contributed by atoms with Gasteiger partial charge in [-0.25, -0.2) is 4.39 Å². The first-order chi connectivity index (χ1) is 9.24. The number of benzene rings is 1. The molecule has 1 fully saturated rings. The van der Waals surface area contributed by atoms with Crippen LogP contribution in [0.5, 0.6) is 0 Å². The van der Waals surface area contributed by atoms with Gasteiger partial charge in [-0.3, -0.25) is 4.68 Å². The number of aryl methyl sites for hydroxylation is 1. The quantitative estimate of drug-likeness (QED) is 0.898. The average Bonchev–Trinajstić information content (AvgIpc) is 2.82. The highest BCUT2D eigenvalue weighted by Crippen LogP contribution is 2.31. The van der Waals surface area contributed by atoms with Crippen molar-refractivity contribution in [2.45, 2.75) is 18.8 Å². The largest absolute Gasteiger partial charge is 0.316 e. The van der Waals surface area contributed by atoms with Gasteiger partial charge in [0.2, 0.25) is 0 Å². The van der Waals surface area contributed by atoms with Crippen LogP contribution in [0.3, 0.4) is 0 Å². The van der Waals surface area contributed by atoms with Crippen molar-refractivity contribution in [3.63, 3.8) is 0 Å². The Morgan fingerprint density at radius 1 is 1.42 bits per heavy atom. The molecule has 2 heterocycles. The number of rotatable bonds is 2. The lowest BCUT2D eigenvalue weighted by Gasteiger charge is -2.22. The minimum atomic E-state index is -0.200. The lowest BCUT2D eigenvalue weighted by atomic mass is 9.91. The summed E-state index contributed by atoms with van der Waals surface area (Å²) in [6.45, 7) is 2.04. The summed E-state index contributed by atoms with van der Waals surface area (Å²) in [5.41, 5.74) is 3.05. The second kappa shape index (κ2) is 5.13. The summed E-state index contributed by atoms with van der Waals surface area (Å²) in [6, 6.07) is 6.75. The Balaban J connectivity index is 2.01. The number of aromatic nitrogens is 2. The molecule has 1 aliphatic rings. The van der Waals surface area contributed by atoms with Crippen molar-refractivity contribution in [1.82, 2.24) is 15.1 Å². The molecule has 1 aromatic carbocycles. The van der Waals surface area contributed by atoms with Gasteiger partial charge in [0.1, 0.15) is 5.82 Å². The maximum Gasteiger partial charge on any atom is 0.123 e. The molecule has 0 saturated carbocycles. The van der Waals surface area contributed by atoms with Crippen LogP contribution in [-0.4, -0.2) is 22.9 Å². The number of halogens is 1. The van der Waals surface area contributed by atoms with E-state index < -0.39 is 0 Å². The average molecular weight is 259 g/mol. The van der Waals surface area contributed by atoms with Gasteiger partial charge in [-0.05, 0) is 37.1 Å². The molecular weight excluding hydrogens is 241 g/mol. The molecule has 1 saturated heterocycles. The Morgan fingerprint density at radius 3 is 3.05 bits per heavy atom. The highest BCUT2D eigenvalue weighted by molar-refractivity contribution is 5.66. The third-order valence-electron chi connectivity index (χ3n) is 3.68. The number of piperidine rings is 1. The van der Waals surface area contributed by atoms with E-state index in [0.29, 0.717) is 5.92 Å². The van der Waals surface area contributed by atoms with Gasteiger partial charge in [0.05, 0.1) is 5.69 Å². The van der Waals surface area contributed by atoms with E-state index >= 15 is 0 Å². The van der Waals surface area contributed by atoms with Crippen molar-refractivity contribution < 1.29 is 4.39 Å². The van der Waals surface area contributed by atoms with E-state index in [2.05, 4.69) is 10.4 Å². The van der Waals surface area contributed by atoms with Crippen molar-refractivity contribution in [1.29, 1.82) is 0 Å². The SMILES string of the molecule is Cn1cc(-c2cccc(F)c2)c(C2CCCNC2)n1. The smallest absolute Gasteiger partial charge is 0.123 e. The minimum absolute atomic E-state index is 0.200. The van der Waals surface area contributed by atoms with Gasteiger partial charge in [-0.15, -0.1) is 0 Å². The van der Waals surface area contributed by atoms with E-state index in [4.69, 9.17) is 0 Å². The highest BCUT2D eigenvalue weighted by Gasteiger charge is 2.22. The van der Waals surface area contributed by atoms with E-state index in [1.165, 1.54) is 12.5 Å². The monoisotopic (exact) mass is 259 g/mol. The standard InChI is InChI=1S/C15H18FN3/c1-19-10-14(11-4-2-6-13(16)8-11)15(18-19)12-5-3-7-17-9-12/h2,4,6,8,10,12,17H,3,5,7,9H2,1H3. The van der Waals surface area contributed by atoms with Gasteiger partial charge in [0, 0.05) is 31.3 Å². The zero-order valence-electron chi connectivity index (χ0n) is 11.1. The molecule has 100 valence electrons. The van der Waals surface area contributed by atoms with Crippen molar-refractivity contribution in [3.8, 4) is 11.1 Å². The van der Waals surface area contributed by atoms with Crippen molar-refractivity contribution in [2.24, 2.45) is 7.05 Å². The van der Waals surface area contributed by atoms with E-state index in [0.717, 1.165) is 36.3 Å². The van der Waals surface area contributed by atoms with Crippen LogP contribution >= 0.6 is 0 Å².